The number of benzene rings is 3. The van der Waals surface area contributed by atoms with Crippen LogP contribution in [0.4, 0.5) is 0 Å². The van der Waals surface area contributed by atoms with E-state index in [9.17, 15) is 4.79 Å². The molecule has 0 radical (unpaired) electrons. The monoisotopic (exact) mass is 520 g/mol. The summed E-state index contributed by atoms with van der Waals surface area (Å²) in [5, 5.41) is 3.11. The van der Waals surface area contributed by atoms with Gasteiger partial charge in [0, 0.05) is 18.2 Å². The van der Waals surface area contributed by atoms with E-state index in [4.69, 9.17) is 4.74 Å². The molecule has 4 nitrogen and oxygen atoms in total. The van der Waals surface area contributed by atoms with Crippen LogP contribution < -0.4 is 10.1 Å². The molecule has 1 amide bonds. The van der Waals surface area contributed by atoms with Crippen LogP contribution in [0, 0.1) is 0 Å². The Morgan fingerprint density at radius 1 is 0.946 bits per heavy atom. The Morgan fingerprint density at radius 3 is 2.38 bits per heavy atom. The van der Waals surface area contributed by atoms with Crippen LogP contribution in [0.3, 0.4) is 0 Å². The third kappa shape index (κ3) is 7.15. The second-order valence-corrected chi connectivity index (χ2v) is 9.87. The molecule has 1 aliphatic carbocycles. The molecule has 4 rings (SSSR count). The molecule has 5 heteroatoms. The third-order valence-electron chi connectivity index (χ3n) is 7.54. The number of methoxy groups -OCH3 is 1. The molecule has 2 atom stereocenters. The van der Waals surface area contributed by atoms with E-state index >= 15 is 0 Å². The lowest BCUT2D eigenvalue weighted by atomic mass is 9.79. The number of amides is 1. The van der Waals surface area contributed by atoms with Gasteiger partial charge < -0.3 is 10.1 Å². The van der Waals surface area contributed by atoms with E-state index in [-0.39, 0.29) is 18.3 Å². The maximum absolute atomic E-state index is 12.6. The van der Waals surface area contributed by atoms with E-state index in [1.54, 1.807) is 7.11 Å². The zero-order chi connectivity index (χ0) is 25.3. The van der Waals surface area contributed by atoms with E-state index in [1.165, 1.54) is 17.5 Å². The van der Waals surface area contributed by atoms with Gasteiger partial charge >= 0.3 is 0 Å². The van der Waals surface area contributed by atoms with E-state index in [0.717, 1.165) is 55.6 Å². The lowest BCUT2D eigenvalue weighted by molar-refractivity contribution is 0.0951. The zero-order valence-corrected chi connectivity index (χ0v) is 23.2. The molecule has 3 aromatic carbocycles. The summed E-state index contributed by atoms with van der Waals surface area (Å²) in [6, 6.07) is 25.2. The minimum atomic E-state index is 0. The highest BCUT2D eigenvalue weighted by Gasteiger charge is 2.31. The maximum atomic E-state index is 12.6. The first-order valence-electron chi connectivity index (χ1n) is 13.5. The van der Waals surface area contributed by atoms with E-state index < -0.39 is 0 Å². The SMILES string of the molecule is CCCN(CCCCNC(=O)c1ccc(-c2ccccc2)cc1)[C@H]1CCc2c(OC)cccc2[C@H]1C.Cl. The van der Waals surface area contributed by atoms with Gasteiger partial charge in [0.25, 0.3) is 5.91 Å². The van der Waals surface area contributed by atoms with Gasteiger partial charge in [0.15, 0.2) is 0 Å². The summed E-state index contributed by atoms with van der Waals surface area (Å²) in [4.78, 5) is 15.3. The number of carbonyl (C=O) groups is 1. The van der Waals surface area contributed by atoms with Crippen LogP contribution in [0.2, 0.25) is 0 Å². The third-order valence-corrected chi connectivity index (χ3v) is 7.54. The number of nitrogens with one attached hydrogen (secondary N) is 1. The van der Waals surface area contributed by atoms with Crippen molar-refractivity contribution in [2.45, 2.75) is 57.9 Å². The van der Waals surface area contributed by atoms with Crippen LogP contribution in [0.5, 0.6) is 5.75 Å². The van der Waals surface area contributed by atoms with Crippen molar-refractivity contribution in [1.29, 1.82) is 0 Å². The molecular formula is C32H41ClN2O2. The summed E-state index contributed by atoms with van der Waals surface area (Å²) >= 11 is 0. The Kier molecular flexibility index (Phi) is 11.0. The van der Waals surface area contributed by atoms with Crippen molar-refractivity contribution in [2.24, 2.45) is 0 Å². The largest absolute Gasteiger partial charge is 0.496 e. The summed E-state index contributed by atoms with van der Waals surface area (Å²) in [6.45, 7) is 7.53. The molecule has 0 aliphatic heterocycles. The average Bonchev–Trinajstić information content (AvgIpc) is 2.93. The summed E-state index contributed by atoms with van der Waals surface area (Å²) in [6.07, 6.45) is 5.48. The average molecular weight is 521 g/mol. The van der Waals surface area contributed by atoms with Gasteiger partial charge in [-0.1, -0.05) is 68.4 Å². The smallest absolute Gasteiger partial charge is 0.251 e. The molecule has 198 valence electrons. The van der Waals surface area contributed by atoms with Gasteiger partial charge in [-0.15, -0.1) is 12.4 Å². The minimum Gasteiger partial charge on any atom is -0.496 e. The maximum Gasteiger partial charge on any atom is 0.251 e. The van der Waals surface area contributed by atoms with Crippen molar-refractivity contribution in [3.05, 3.63) is 89.5 Å². The molecular weight excluding hydrogens is 480 g/mol. The molecule has 37 heavy (non-hydrogen) atoms. The zero-order valence-electron chi connectivity index (χ0n) is 22.4. The molecule has 0 saturated heterocycles. The van der Waals surface area contributed by atoms with Gasteiger partial charge in [0.1, 0.15) is 5.75 Å². The minimum absolute atomic E-state index is 0. The molecule has 3 aromatic rings. The van der Waals surface area contributed by atoms with Crippen molar-refractivity contribution in [2.75, 3.05) is 26.7 Å². The molecule has 0 spiro atoms. The van der Waals surface area contributed by atoms with Gasteiger partial charge in [-0.05, 0) is 91.6 Å². The number of rotatable bonds is 11. The number of hydrogen-bond acceptors (Lipinski definition) is 3. The van der Waals surface area contributed by atoms with Crippen LogP contribution in [0.15, 0.2) is 72.8 Å². The van der Waals surface area contributed by atoms with Crippen molar-refractivity contribution in [3.8, 4) is 16.9 Å². The first-order chi connectivity index (χ1) is 17.6. The van der Waals surface area contributed by atoms with Gasteiger partial charge in [-0.3, -0.25) is 9.69 Å². The molecule has 0 fully saturated rings. The number of unbranched alkanes of at least 4 members (excludes halogenated alkanes) is 1. The fourth-order valence-corrected chi connectivity index (χ4v) is 5.64. The highest BCUT2D eigenvalue weighted by Crippen LogP contribution is 2.38. The van der Waals surface area contributed by atoms with Crippen LogP contribution >= 0.6 is 12.4 Å². The Labute approximate surface area is 228 Å². The van der Waals surface area contributed by atoms with Crippen LogP contribution in [-0.4, -0.2) is 43.6 Å². The first kappa shape index (κ1) is 28.7. The lowest BCUT2D eigenvalue weighted by Gasteiger charge is -2.40. The molecule has 0 bridgehead atoms. The van der Waals surface area contributed by atoms with Gasteiger partial charge in [0.2, 0.25) is 0 Å². The Hall–Kier alpha value is -2.82. The summed E-state index contributed by atoms with van der Waals surface area (Å²) in [5.74, 6) is 1.53. The number of nitrogens with zero attached hydrogens (tertiary/aromatic N) is 1. The Balaban J connectivity index is 0.00000380. The number of halogens is 1. The first-order valence-corrected chi connectivity index (χ1v) is 13.5. The number of fused-ring (bicyclic) bond motifs is 1. The van der Waals surface area contributed by atoms with Crippen LogP contribution in [-0.2, 0) is 6.42 Å². The van der Waals surface area contributed by atoms with Crippen molar-refractivity contribution in [1.82, 2.24) is 10.2 Å². The Bertz CT molecular complexity index is 1120. The van der Waals surface area contributed by atoms with Crippen LogP contribution in [0.1, 0.15) is 66.9 Å². The summed E-state index contributed by atoms with van der Waals surface area (Å²) in [5.41, 5.74) is 5.83. The highest BCUT2D eigenvalue weighted by molar-refractivity contribution is 5.94. The predicted molar refractivity (Wildman–Crippen MR) is 156 cm³/mol. The van der Waals surface area contributed by atoms with Crippen molar-refractivity contribution < 1.29 is 9.53 Å². The number of carbonyl (C=O) groups excluding carboxylic acids is 1. The second-order valence-electron chi connectivity index (χ2n) is 9.87. The molecule has 0 heterocycles. The predicted octanol–water partition coefficient (Wildman–Crippen LogP) is 7.12. The summed E-state index contributed by atoms with van der Waals surface area (Å²) < 4.78 is 5.63. The van der Waals surface area contributed by atoms with Crippen molar-refractivity contribution in [3.63, 3.8) is 0 Å². The van der Waals surface area contributed by atoms with Gasteiger partial charge in [-0.25, -0.2) is 0 Å². The topological polar surface area (TPSA) is 41.6 Å². The molecule has 1 N–H and O–H groups in total. The quantitative estimate of drug-likeness (QED) is 0.273. The van der Waals surface area contributed by atoms with Crippen LogP contribution in [0.25, 0.3) is 11.1 Å². The summed E-state index contributed by atoms with van der Waals surface area (Å²) in [7, 11) is 1.77. The fourth-order valence-electron chi connectivity index (χ4n) is 5.64. The molecule has 0 saturated carbocycles. The van der Waals surface area contributed by atoms with E-state index in [2.05, 4.69) is 54.4 Å². The Morgan fingerprint density at radius 2 is 1.68 bits per heavy atom. The van der Waals surface area contributed by atoms with Crippen molar-refractivity contribution >= 4 is 18.3 Å². The molecule has 0 aromatic heterocycles. The fraction of sp³-hybridized carbons (Fsp3) is 0.406. The second kappa shape index (κ2) is 14.2. The van der Waals surface area contributed by atoms with Gasteiger partial charge in [0.05, 0.1) is 7.11 Å². The number of ether oxygens (including phenoxy) is 1. The van der Waals surface area contributed by atoms with E-state index in [0.29, 0.717) is 24.1 Å². The number of hydrogen-bond donors (Lipinski definition) is 1. The van der Waals surface area contributed by atoms with E-state index in [1.807, 2.05) is 42.5 Å². The lowest BCUT2D eigenvalue weighted by Crippen LogP contribution is -2.42. The normalized spacial score (nSPS) is 16.5. The standard InChI is InChI=1S/C32H40N2O2.ClH/c1-4-22-34(30-20-19-29-28(24(30)2)13-10-14-31(29)36-3)23-9-8-21-33-32(35)27-17-15-26(16-18-27)25-11-6-5-7-12-25;/h5-7,10-18,24,30H,4,8-9,19-23H2,1-3H3,(H,33,35);1H/t24-,30+;/m1./s1. The highest BCUT2D eigenvalue weighted by atomic mass is 35.5. The van der Waals surface area contributed by atoms with Gasteiger partial charge in [-0.2, -0.15) is 0 Å². The molecule has 1 aliphatic rings. The molecule has 0 unspecified atom stereocenters.